The van der Waals surface area contributed by atoms with Crippen molar-refractivity contribution in [1.29, 1.82) is 5.26 Å². The summed E-state index contributed by atoms with van der Waals surface area (Å²) in [4.78, 5) is 4.37. The Kier molecular flexibility index (Phi) is 3.99. The molecule has 4 nitrogen and oxygen atoms in total. The van der Waals surface area contributed by atoms with E-state index in [1.165, 1.54) is 0 Å². The van der Waals surface area contributed by atoms with E-state index in [1.54, 1.807) is 30.5 Å². The first-order chi connectivity index (χ1) is 10.8. The molecule has 1 N–H and O–H groups in total. The second-order valence-corrected chi connectivity index (χ2v) is 5.02. The normalized spacial score (nSPS) is 11.8. The second-order valence-electron chi connectivity index (χ2n) is 5.02. The first kappa shape index (κ1) is 14.1. The number of imidazole rings is 1. The summed E-state index contributed by atoms with van der Waals surface area (Å²) in [6.07, 6.45) is 2.94. The van der Waals surface area contributed by atoms with Crippen LogP contribution in [0, 0.1) is 11.3 Å². The maximum Gasteiger partial charge on any atom is 0.139 e. The monoisotopic (exact) mass is 289 g/mol. The number of aliphatic hydroxyl groups excluding tert-OH is 1. The summed E-state index contributed by atoms with van der Waals surface area (Å²) in [7, 11) is 0. The fraction of sp³-hybridized carbons (Fsp3) is 0.111. The molecule has 1 heterocycles. The zero-order valence-corrected chi connectivity index (χ0v) is 11.9. The molecule has 0 bridgehead atoms. The summed E-state index contributed by atoms with van der Waals surface area (Å²) in [5.74, 6) is 0.827. The maximum atomic E-state index is 10.4. The Labute approximate surface area is 128 Å². The van der Waals surface area contributed by atoms with Gasteiger partial charge in [0.15, 0.2) is 0 Å². The van der Waals surface area contributed by atoms with Crippen molar-refractivity contribution in [3.05, 3.63) is 78.1 Å². The average molecular weight is 289 g/mol. The number of aromatic nitrogens is 2. The molecule has 0 aliphatic carbocycles. The Morgan fingerprint density at radius 2 is 1.82 bits per heavy atom. The van der Waals surface area contributed by atoms with Gasteiger partial charge in [0.25, 0.3) is 0 Å². The van der Waals surface area contributed by atoms with Gasteiger partial charge in [-0.15, -0.1) is 0 Å². The number of benzene rings is 2. The van der Waals surface area contributed by atoms with E-state index in [-0.39, 0.29) is 0 Å². The van der Waals surface area contributed by atoms with Crippen molar-refractivity contribution in [2.45, 2.75) is 12.6 Å². The minimum atomic E-state index is -0.649. The van der Waals surface area contributed by atoms with E-state index in [0.717, 1.165) is 17.0 Å². The highest BCUT2D eigenvalue weighted by Gasteiger charge is 2.12. The molecule has 1 atom stereocenters. The summed E-state index contributed by atoms with van der Waals surface area (Å²) in [6.45, 7) is 0.413. The van der Waals surface area contributed by atoms with Gasteiger partial charge < -0.3 is 9.67 Å². The van der Waals surface area contributed by atoms with Crippen LogP contribution in [0.5, 0.6) is 0 Å². The predicted octanol–water partition coefficient (Wildman–Crippen LogP) is 3.16. The molecular weight excluding hydrogens is 274 g/mol. The fourth-order valence-corrected chi connectivity index (χ4v) is 2.38. The zero-order valence-electron chi connectivity index (χ0n) is 11.9. The third-order valence-electron chi connectivity index (χ3n) is 3.54. The molecular formula is C18H15N3O. The molecule has 0 aliphatic heterocycles. The molecule has 0 saturated carbocycles. The molecule has 2 aromatic carbocycles. The van der Waals surface area contributed by atoms with Crippen LogP contribution in [0.4, 0.5) is 0 Å². The molecule has 108 valence electrons. The quantitative estimate of drug-likeness (QED) is 0.802. The molecule has 3 rings (SSSR count). The smallest absolute Gasteiger partial charge is 0.139 e. The van der Waals surface area contributed by atoms with Gasteiger partial charge in [-0.3, -0.25) is 0 Å². The molecule has 0 radical (unpaired) electrons. The number of nitriles is 1. The molecule has 1 unspecified atom stereocenters. The molecule has 4 heteroatoms. The van der Waals surface area contributed by atoms with E-state index in [9.17, 15) is 5.11 Å². The highest BCUT2D eigenvalue weighted by atomic mass is 16.3. The van der Waals surface area contributed by atoms with E-state index < -0.39 is 6.10 Å². The lowest BCUT2D eigenvalue weighted by molar-refractivity contribution is 0.157. The Morgan fingerprint density at radius 3 is 2.50 bits per heavy atom. The van der Waals surface area contributed by atoms with E-state index in [0.29, 0.717) is 12.1 Å². The first-order valence-electron chi connectivity index (χ1n) is 7.02. The minimum absolute atomic E-state index is 0.413. The second kappa shape index (κ2) is 6.25. The van der Waals surface area contributed by atoms with Crippen LogP contribution < -0.4 is 0 Å². The molecule has 0 spiro atoms. The van der Waals surface area contributed by atoms with Crippen molar-refractivity contribution in [2.75, 3.05) is 0 Å². The van der Waals surface area contributed by atoms with Crippen LogP contribution in [0.2, 0.25) is 0 Å². The molecule has 0 amide bonds. The molecule has 22 heavy (non-hydrogen) atoms. The SMILES string of the molecule is N#Cc1ccc(C(O)Cn2ccnc2-c2ccccc2)cc1. The van der Waals surface area contributed by atoms with Gasteiger partial charge in [0, 0.05) is 18.0 Å². The summed E-state index contributed by atoms with van der Waals surface area (Å²) >= 11 is 0. The third kappa shape index (κ3) is 2.90. The van der Waals surface area contributed by atoms with Crippen LogP contribution in [0.25, 0.3) is 11.4 Å². The number of aliphatic hydroxyl groups is 1. The van der Waals surface area contributed by atoms with Gasteiger partial charge in [0.2, 0.25) is 0 Å². The van der Waals surface area contributed by atoms with Crippen LogP contribution >= 0.6 is 0 Å². The topological polar surface area (TPSA) is 61.8 Å². The lowest BCUT2D eigenvalue weighted by Gasteiger charge is -2.14. The lowest BCUT2D eigenvalue weighted by atomic mass is 10.1. The van der Waals surface area contributed by atoms with Gasteiger partial charge in [-0.25, -0.2) is 4.98 Å². The van der Waals surface area contributed by atoms with Gasteiger partial charge in [-0.1, -0.05) is 42.5 Å². The van der Waals surface area contributed by atoms with Gasteiger partial charge >= 0.3 is 0 Å². The zero-order chi connectivity index (χ0) is 15.4. The standard InChI is InChI=1S/C18H15N3O/c19-12-14-6-8-15(9-7-14)17(22)13-21-11-10-20-18(21)16-4-2-1-3-5-16/h1-11,17,22H,13H2. The summed E-state index contributed by atoms with van der Waals surface area (Å²) < 4.78 is 1.93. The van der Waals surface area contributed by atoms with Gasteiger partial charge in [0.05, 0.1) is 24.3 Å². The number of nitrogens with zero attached hydrogens (tertiary/aromatic N) is 3. The van der Waals surface area contributed by atoms with Crippen LogP contribution in [-0.4, -0.2) is 14.7 Å². The van der Waals surface area contributed by atoms with Crippen molar-refractivity contribution in [1.82, 2.24) is 9.55 Å². The third-order valence-corrected chi connectivity index (χ3v) is 3.54. The predicted molar refractivity (Wildman–Crippen MR) is 83.8 cm³/mol. The number of hydrogen-bond acceptors (Lipinski definition) is 3. The number of rotatable bonds is 4. The van der Waals surface area contributed by atoms with E-state index in [1.807, 2.05) is 41.1 Å². The highest BCUT2D eigenvalue weighted by Crippen LogP contribution is 2.21. The first-order valence-corrected chi connectivity index (χ1v) is 7.02. The van der Waals surface area contributed by atoms with Crippen molar-refractivity contribution in [3.63, 3.8) is 0 Å². The van der Waals surface area contributed by atoms with Gasteiger partial charge in [0.1, 0.15) is 5.82 Å². The maximum absolute atomic E-state index is 10.4. The van der Waals surface area contributed by atoms with E-state index in [2.05, 4.69) is 11.1 Å². The Hall–Kier alpha value is -2.90. The molecule has 0 aliphatic rings. The van der Waals surface area contributed by atoms with Crippen molar-refractivity contribution in [2.24, 2.45) is 0 Å². The van der Waals surface area contributed by atoms with Crippen molar-refractivity contribution < 1.29 is 5.11 Å². The van der Waals surface area contributed by atoms with Crippen LogP contribution in [0.15, 0.2) is 67.0 Å². The minimum Gasteiger partial charge on any atom is -0.387 e. The van der Waals surface area contributed by atoms with Crippen LogP contribution in [-0.2, 0) is 6.54 Å². The Balaban J connectivity index is 1.81. The number of hydrogen-bond donors (Lipinski definition) is 1. The van der Waals surface area contributed by atoms with Gasteiger partial charge in [-0.05, 0) is 17.7 Å². The molecule has 1 aromatic heterocycles. The fourth-order valence-electron chi connectivity index (χ4n) is 2.38. The molecule has 3 aromatic rings. The molecule has 0 saturated heterocycles. The average Bonchev–Trinajstić information content (AvgIpc) is 3.04. The Morgan fingerprint density at radius 1 is 1.09 bits per heavy atom. The van der Waals surface area contributed by atoms with Gasteiger partial charge in [-0.2, -0.15) is 5.26 Å². The lowest BCUT2D eigenvalue weighted by Crippen LogP contribution is -2.09. The highest BCUT2D eigenvalue weighted by molar-refractivity contribution is 5.55. The van der Waals surface area contributed by atoms with E-state index >= 15 is 0 Å². The summed E-state index contributed by atoms with van der Waals surface area (Å²) in [5.41, 5.74) is 2.38. The van der Waals surface area contributed by atoms with Crippen molar-refractivity contribution in [3.8, 4) is 17.5 Å². The van der Waals surface area contributed by atoms with Crippen LogP contribution in [0.1, 0.15) is 17.2 Å². The Bertz CT molecular complexity index is 785. The van der Waals surface area contributed by atoms with Crippen molar-refractivity contribution >= 4 is 0 Å². The van der Waals surface area contributed by atoms with E-state index in [4.69, 9.17) is 5.26 Å². The summed E-state index contributed by atoms with van der Waals surface area (Å²) in [6, 6.07) is 18.9. The summed E-state index contributed by atoms with van der Waals surface area (Å²) in [5, 5.41) is 19.2. The largest absolute Gasteiger partial charge is 0.387 e. The molecule has 0 fully saturated rings. The van der Waals surface area contributed by atoms with Crippen LogP contribution in [0.3, 0.4) is 0 Å².